The lowest BCUT2D eigenvalue weighted by atomic mass is 10.1. The quantitative estimate of drug-likeness (QED) is 0.583. The standard InChI is InChI=1S/C20H18N4O2/c25-20(14-26-17-9-5-7-15-6-1-2-8-16(15)17)21-12-11-19-23-22-18-10-3-4-13-24(18)19/h1-10,13H,11-12,14H2,(H,21,25). The smallest absolute Gasteiger partial charge is 0.257 e. The van der Waals surface area contributed by atoms with Crippen LogP contribution in [0.2, 0.25) is 0 Å². The van der Waals surface area contributed by atoms with Crippen molar-refractivity contribution in [1.29, 1.82) is 0 Å². The lowest BCUT2D eigenvalue weighted by molar-refractivity contribution is -0.123. The second-order valence-corrected chi connectivity index (χ2v) is 5.91. The number of fused-ring (bicyclic) bond motifs is 2. The molecule has 130 valence electrons. The Morgan fingerprint density at radius 2 is 1.85 bits per heavy atom. The molecule has 2 aromatic heterocycles. The third-order valence-corrected chi connectivity index (χ3v) is 4.16. The molecule has 0 spiro atoms. The van der Waals surface area contributed by atoms with Gasteiger partial charge in [0, 0.05) is 24.5 Å². The number of nitrogens with one attached hydrogen (secondary N) is 1. The predicted octanol–water partition coefficient (Wildman–Crippen LogP) is 2.62. The van der Waals surface area contributed by atoms with E-state index in [9.17, 15) is 4.79 Å². The number of nitrogens with zero attached hydrogens (tertiary/aromatic N) is 3. The molecule has 0 fully saturated rings. The van der Waals surface area contributed by atoms with Gasteiger partial charge in [0.25, 0.3) is 5.91 Å². The van der Waals surface area contributed by atoms with Gasteiger partial charge in [0.1, 0.15) is 11.6 Å². The van der Waals surface area contributed by atoms with Crippen molar-refractivity contribution < 1.29 is 9.53 Å². The maximum Gasteiger partial charge on any atom is 0.257 e. The van der Waals surface area contributed by atoms with Crippen LogP contribution in [0.3, 0.4) is 0 Å². The lowest BCUT2D eigenvalue weighted by Crippen LogP contribution is -2.30. The van der Waals surface area contributed by atoms with E-state index in [1.807, 2.05) is 71.3 Å². The molecule has 2 aromatic carbocycles. The number of benzene rings is 2. The first-order valence-corrected chi connectivity index (χ1v) is 8.47. The number of aromatic nitrogens is 3. The van der Waals surface area contributed by atoms with E-state index in [1.165, 1.54) is 0 Å². The van der Waals surface area contributed by atoms with Gasteiger partial charge < -0.3 is 10.1 Å². The number of hydrogen-bond donors (Lipinski definition) is 1. The van der Waals surface area contributed by atoms with Crippen molar-refractivity contribution >= 4 is 22.3 Å². The molecule has 0 saturated carbocycles. The topological polar surface area (TPSA) is 68.5 Å². The summed E-state index contributed by atoms with van der Waals surface area (Å²) >= 11 is 0. The highest BCUT2D eigenvalue weighted by atomic mass is 16.5. The van der Waals surface area contributed by atoms with Crippen LogP contribution in [0.15, 0.2) is 66.9 Å². The number of carbonyl (C=O) groups is 1. The number of rotatable bonds is 6. The van der Waals surface area contributed by atoms with Gasteiger partial charge in [-0.1, -0.05) is 42.5 Å². The Morgan fingerprint density at radius 3 is 2.81 bits per heavy atom. The molecule has 0 saturated heterocycles. The summed E-state index contributed by atoms with van der Waals surface area (Å²) in [5, 5.41) is 13.2. The van der Waals surface area contributed by atoms with E-state index in [0.717, 1.165) is 22.2 Å². The van der Waals surface area contributed by atoms with Gasteiger partial charge in [-0.2, -0.15) is 0 Å². The first kappa shape index (κ1) is 16.1. The lowest BCUT2D eigenvalue weighted by Gasteiger charge is -2.09. The van der Waals surface area contributed by atoms with Gasteiger partial charge in [-0.25, -0.2) is 0 Å². The molecule has 0 aliphatic heterocycles. The van der Waals surface area contributed by atoms with Crippen LogP contribution in [-0.4, -0.2) is 33.7 Å². The van der Waals surface area contributed by atoms with Gasteiger partial charge in [-0.3, -0.25) is 9.20 Å². The second-order valence-electron chi connectivity index (χ2n) is 5.91. The molecular weight excluding hydrogens is 328 g/mol. The maximum atomic E-state index is 12.1. The summed E-state index contributed by atoms with van der Waals surface area (Å²) < 4.78 is 7.61. The predicted molar refractivity (Wildman–Crippen MR) is 99.1 cm³/mol. The van der Waals surface area contributed by atoms with Crippen molar-refractivity contribution in [1.82, 2.24) is 19.9 Å². The molecule has 0 aliphatic carbocycles. The third-order valence-electron chi connectivity index (χ3n) is 4.16. The van der Waals surface area contributed by atoms with Crippen LogP contribution in [0, 0.1) is 0 Å². The molecule has 4 aromatic rings. The van der Waals surface area contributed by atoms with Crippen LogP contribution in [-0.2, 0) is 11.2 Å². The van der Waals surface area contributed by atoms with E-state index in [1.54, 1.807) is 0 Å². The molecule has 1 N–H and O–H groups in total. The Hall–Kier alpha value is -3.41. The summed E-state index contributed by atoms with van der Waals surface area (Å²) in [4.78, 5) is 12.1. The Bertz CT molecular complexity index is 1050. The first-order valence-electron chi connectivity index (χ1n) is 8.47. The minimum Gasteiger partial charge on any atom is -0.483 e. The van der Waals surface area contributed by atoms with Crippen molar-refractivity contribution in [2.75, 3.05) is 13.2 Å². The fraction of sp³-hybridized carbons (Fsp3) is 0.150. The van der Waals surface area contributed by atoms with Crippen LogP contribution in [0.5, 0.6) is 5.75 Å². The van der Waals surface area contributed by atoms with E-state index in [-0.39, 0.29) is 12.5 Å². The van der Waals surface area contributed by atoms with Gasteiger partial charge in [0.15, 0.2) is 12.3 Å². The van der Waals surface area contributed by atoms with E-state index in [0.29, 0.717) is 18.7 Å². The summed E-state index contributed by atoms with van der Waals surface area (Å²) in [6.07, 6.45) is 2.52. The zero-order valence-corrected chi connectivity index (χ0v) is 14.1. The average Bonchev–Trinajstić information content (AvgIpc) is 3.09. The molecule has 4 rings (SSSR count). The first-order chi connectivity index (χ1) is 12.8. The Balaban J connectivity index is 1.31. The summed E-state index contributed by atoms with van der Waals surface area (Å²) in [6.45, 7) is 0.460. The molecule has 0 bridgehead atoms. The monoisotopic (exact) mass is 346 g/mol. The van der Waals surface area contributed by atoms with E-state index < -0.39 is 0 Å². The van der Waals surface area contributed by atoms with Gasteiger partial charge in [0.2, 0.25) is 0 Å². The highest BCUT2D eigenvalue weighted by Gasteiger charge is 2.07. The minimum absolute atomic E-state index is 0.0193. The van der Waals surface area contributed by atoms with Crippen LogP contribution in [0.4, 0.5) is 0 Å². The van der Waals surface area contributed by atoms with Crippen LogP contribution in [0.1, 0.15) is 5.82 Å². The molecule has 6 nitrogen and oxygen atoms in total. The summed E-state index contributed by atoms with van der Waals surface area (Å²) in [7, 11) is 0. The van der Waals surface area contributed by atoms with E-state index in [2.05, 4.69) is 15.5 Å². The third kappa shape index (κ3) is 3.35. The number of amides is 1. The molecule has 1 amide bonds. The fourth-order valence-corrected chi connectivity index (χ4v) is 2.89. The Labute approximate surface area is 150 Å². The number of hydrogen-bond acceptors (Lipinski definition) is 4. The molecule has 26 heavy (non-hydrogen) atoms. The van der Waals surface area contributed by atoms with Crippen molar-refractivity contribution in [2.24, 2.45) is 0 Å². The SMILES string of the molecule is O=C(COc1cccc2ccccc12)NCCc1nnc2ccccn12. The largest absolute Gasteiger partial charge is 0.483 e. The molecule has 0 radical (unpaired) electrons. The van der Waals surface area contributed by atoms with E-state index in [4.69, 9.17) is 4.74 Å². The molecule has 0 atom stereocenters. The number of carbonyl (C=O) groups excluding carboxylic acids is 1. The zero-order chi connectivity index (χ0) is 17.8. The number of pyridine rings is 1. The summed E-state index contributed by atoms with van der Waals surface area (Å²) in [5.41, 5.74) is 0.799. The molecule has 0 unspecified atom stereocenters. The molecular formula is C20H18N4O2. The number of ether oxygens (including phenoxy) is 1. The second kappa shape index (κ2) is 7.23. The van der Waals surface area contributed by atoms with E-state index >= 15 is 0 Å². The summed E-state index contributed by atoms with van der Waals surface area (Å²) in [6, 6.07) is 19.5. The highest BCUT2D eigenvalue weighted by Crippen LogP contribution is 2.24. The summed E-state index contributed by atoms with van der Waals surface area (Å²) in [5.74, 6) is 1.37. The van der Waals surface area contributed by atoms with Gasteiger partial charge in [-0.15, -0.1) is 10.2 Å². The average molecular weight is 346 g/mol. The zero-order valence-electron chi connectivity index (χ0n) is 14.1. The Morgan fingerprint density at radius 1 is 1.00 bits per heavy atom. The normalized spacial score (nSPS) is 10.9. The van der Waals surface area contributed by atoms with Crippen LogP contribution >= 0.6 is 0 Å². The van der Waals surface area contributed by atoms with Crippen molar-refractivity contribution in [3.8, 4) is 5.75 Å². The van der Waals surface area contributed by atoms with Crippen LogP contribution < -0.4 is 10.1 Å². The molecule has 6 heteroatoms. The van der Waals surface area contributed by atoms with Gasteiger partial charge in [0.05, 0.1) is 0 Å². The van der Waals surface area contributed by atoms with Crippen molar-refractivity contribution in [2.45, 2.75) is 6.42 Å². The molecule has 0 aliphatic rings. The highest BCUT2D eigenvalue weighted by molar-refractivity contribution is 5.88. The van der Waals surface area contributed by atoms with Crippen molar-refractivity contribution in [3.63, 3.8) is 0 Å². The van der Waals surface area contributed by atoms with Crippen molar-refractivity contribution in [3.05, 3.63) is 72.7 Å². The maximum absolute atomic E-state index is 12.1. The van der Waals surface area contributed by atoms with Crippen LogP contribution in [0.25, 0.3) is 16.4 Å². The molecule has 2 heterocycles. The Kier molecular flexibility index (Phi) is 4.47. The minimum atomic E-state index is -0.160. The van der Waals surface area contributed by atoms with Gasteiger partial charge in [-0.05, 0) is 23.6 Å². The fourth-order valence-electron chi connectivity index (χ4n) is 2.89. The van der Waals surface area contributed by atoms with Gasteiger partial charge >= 0.3 is 0 Å².